The minimum absolute atomic E-state index is 0.193. The van der Waals surface area contributed by atoms with Gasteiger partial charge in [-0.25, -0.2) is 4.79 Å². The van der Waals surface area contributed by atoms with Crippen molar-refractivity contribution in [2.75, 3.05) is 37.8 Å². The van der Waals surface area contributed by atoms with Crippen LogP contribution in [-0.2, 0) is 4.74 Å². The van der Waals surface area contributed by atoms with Crippen molar-refractivity contribution in [3.05, 3.63) is 39.4 Å². The van der Waals surface area contributed by atoms with Crippen LogP contribution in [0.15, 0.2) is 18.2 Å². The van der Waals surface area contributed by atoms with Gasteiger partial charge < -0.3 is 5.11 Å². The molecule has 1 rings (SSSR count). The Kier molecular flexibility index (Phi) is 14.5. The van der Waals surface area contributed by atoms with E-state index in [-0.39, 0.29) is 23.8 Å². The van der Waals surface area contributed by atoms with Crippen LogP contribution in [0.2, 0.25) is 0 Å². The molecule has 1 aromatic rings. The molecule has 0 aliphatic rings. The van der Waals surface area contributed by atoms with Crippen molar-refractivity contribution in [2.45, 2.75) is 78.6 Å². The number of benzene rings is 1. The molecule has 2 N–H and O–H groups in total. The van der Waals surface area contributed by atoms with E-state index in [9.17, 15) is 19.7 Å². The van der Waals surface area contributed by atoms with Crippen molar-refractivity contribution >= 4 is 25.0 Å². The maximum absolute atomic E-state index is 12.7. The van der Waals surface area contributed by atoms with Gasteiger partial charge in [0, 0.05) is 0 Å². The monoisotopic (exact) mass is 512 g/mol. The molecule has 0 saturated heterocycles. The van der Waals surface area contributed by atoms with Gasteiger partial charge in [-0.1, -0.05) is 0 Å². The molecule has 200 valence electrons. The number of hydrogen-bond acceptors (Lipinski definition) is 5. The molecule has 9 heteroatoms. The van der Waals surface area contributed by atoms with E-state index in [1.165, 1.54) is 75.3 Å². The first-order valence-electron chi connectivity index (χ1n) is 13.1. The molecule has 0 heterocycles. The topological polar surface area (TPSA) is 119 Å². The van der Waals surface area contributed by atoms with E-state index >= 15 is 0 Å². The van der Waals surface area contributed by atoms with E-state index < -0.39 is 24.3 Å². The fraction of sp³-hybridized carbons (Fsp3) is 0.692. The minimum atomic E-state index is -1.43. The molecule has 1 atom stereocenters. The molecule has 0 aliphatic carbocycles. The molecule has 0 aliphatic heterocycles. The summed E-state index contributed by atoms with van der Waals surface area (Å²) in [7, 11) is -1.36. The van der Waals surface area contributed by atoms with Crippen molar-refractivity contribution in [3.8, 4) is 0 Å². The predicted molar refractivity (Wildman–Crippen MR) is 145 cm³/mol. The normalized spacial score (nSPS) is 12.7. The molecule has 1 aromatic carbocycles. The number of nitrogens with zero attached hydrogens (tertiary/aromatic N) is 1. The number of carbonyl (C=O) groups is 2. The second kappa shape index (κ2) is 16.5. The number of nitro groups is 1. The zero-order valence-corrected chi connectivity index (χ0v) is 22.9. The number of hydrogen-bond donors (Lipinski definition) is 2. The van der Waals surface area contributed by atoms with Gasteiger partial charge in [0.1, 0.15) is 0 Å². The van der Waals surface area contributed by atoms with Gasteiger partial charge in [-0.05, 0) is 0 Å². The van der Waals surface area contributed by atoms with Crippen LogP contribution in [0.4, 0.5) is 10.5 Å². The Morgan fingerprint density at radius 3 is 2.06 bits per heavy atom. The number of amides is 1. The van der Waals surface area contributed by atoms with E-state index in [1.807, 2.05) is 0 Å². The second-order valence-corrected chi connectivity index (χ2v) is 14.7. The average Bonchev–Trinajstić information content (AvgIpc) is 2.85. The van der Waals surface area contributed by atoms with Crippen LogP contribution in [0.25, 0.3) is 0 Å². The van der Waals surface area contributed by atoms with Gasteiger partial charge in [0.2, 0.25) is 0 Å². The summed E-state index contributed by atoms with van der Waals surface area (Å²) in [5, 5.41) is 23.2. The molecule has 8 nitrogen and oxygen atoms in total. The molecule has 1 amide bonds. The number of carboxylic acid groups (broad SMARTS) is 1. The third-order valence-corrected chi connectivity index (χ3v) is 12.5. The molecule has 35 heavy (non-hydrogen) atoms. The van der Waals surface area contributed by atoms with Crippen LogP contribution >= 0.6 is 7.26 Å². The summed E-state index contributed by atoms with van der Waals surface area (Å²) in [4.78, 5) is 34.4. The first kappa shape index (κ1) is 30.8. The fourth-order valence-electron chi connectivity index (χ4n) is 4.72. The molecular formula is C26H45N2O6P. The van der Waals surface area contributed by atoms with Crippen molar-refractivity contribution < 1.29 is 24.4 Å². The summed E-state index contributed by atoms with van der Waals surface area (Å²) in [6, 6.07) is 4.34. The van der Waals surface area contributed by atoms with Crippen molar-refractivity contribution in [2.24, 2.45) is 0 Å². The van der Waals surface area contributed by atoms with E-state index in [2.05, 4.69) is 30.8 Å². The van der Waals surface area contributed by atoms with Crippen LogP contribution in [-0.4, -0.2) is 59.9 Å². The Morgan fingerprint density at radius 1 is 1.03 bits per heavy atom. The first-order chi connectivity index (χ1) is 16.7. The Labute approximate surface area is 210 Å². The average molecular weight is 513 g/mol. The van der Waals surface area contributed by atoms with Gasteiger partial charge >= 0.3 is 201 Å². The molecule has 0 aromatic heterocycles. The van der Waals surface area contributed by atoms with Gasteiger partial charge in [-0.15, -0.1) is 0 Å². The quantitative estimate of drug-likeness (QED) is 0.0746. The SMILES string of the molecule is CCCC[PH](CCCC)(CCCC)CCCNC(=O)c1ccc(C(C)COC(=O)O)c([N+](=O)[O-])c1. The molecule has 1 unspecified atom stereocenters. The summed E-state index contributed by atoms with van der Waals surface area (Å²) >= 11 is 0. The zero-order valence-electron chi connectivity index (χ0n) is 21.9. The summed E-state index contributed by atoms with van der Waals surface area (Å²) < 4.78 is 4.55. The van der Waals surface area contributed by atoms with E-state index in [0.717, 1.165) is 6.42 Å². The standard InChI is InChI=1S/C26H45N2O6P/c1-5-8-15-35(16-9-6-2,17-10-7-3)18-11-14-27-25(29)22-12-13-23(24(19-22)28(32)33)21(4)20-34-26(30)31/h12-13,19,21,35H,5-11,14-18,20H2,1-4H3,(H,27,29)(H,30,31). The summed E-state index contributed by atoms with van der Waals surface area (Å²) in [5.74, 6) is -0.826. The van der Waals surface area contributed by atoms with Gasteiger partial charge in [0.15, 0.2) is 0 Å². The van der Waals surface area contributed by atoms with Crippen LogP contribution < -0.4 is 5.32 Å². The van der Waals surface area contributed by atoms with Crippen molar-refractivity contribution in [1.82, 2.24) is 5.32 Å². The maximum atomic E-state index is 12.7. The number of nitro benzene ring substituents is 1. The van der Waals surface area contributed by atoms with Crippen LogP contribution in [0, 0.1) is 10.1 Å². The van der Waals surface area contributed by atoms with Gasteiger partial charge in [-0.2, -0.15) is 0 Å². The Balaban J connectivity index is 2.82. The summed E-state index contributed by atoms with van der Waals surface area (Å²) in [5.41, 5.74) is 0.369. The molecule has 0 saturated carbocycles. The molecule has 0 radical (unpaired) electrons. The van der Waals surface area contributed by atoms with Gasteiger partial charge in [-0.3, -0.25) is 0 Å². The van der Waals surface area contributed by atoms with Crippen LogP contribution in [0.3, 0.4) is 0 Å². The van der Waals surface area contributed by atoms with Crippen LogP contribution in [0.5, 0.6) is 0 Å². The molecular weight excluding hydrogens is 467 g/mol. The predicted octanol–water partition coefficient (Wildman–Crippen LogP) is 6.66. The molecule has 0 bridgehead atoms. The number of ether oxygens (including phenoxy) is 1. The fourth-order valence-corrected chi connectivity index (χ4v) is 10.5. The first-order valence-corrected chi connectivity index (χ1v) is 15.9. The number of carbonyl (C=O) groups excluding carboxylic acids is 1. The Morgan fingerprint density at radius 2 is 1.57 bits per heavy atom. The molecule has 0 fully saturated rings. The Bertz CT molecular complexity index is 795. The van der Waals surface area contributed by atoms with Crippen molar-refractivity contribution in [1.29, 1.82) is 0 Å². The van der Waals surface area contributed by atoms with Gasteiger partial charge in [0.25, 0.3) is 0 Å². The van der Waals surface area contributed by atoms with Crippen LogP contribution in [0.1, 0.15) is 94.5 Å². The number of rotatable bonds is 18. The van der Waals surface area contributed by atoms with Crippen molar-refractivity contribution in [3.63, 3.8) is 0 Å². The second-order valence-electron chi connectivity index (χ2n) is 9.68. The summed E-state index contributed by atoms with van der Waals surface area (Å²) in [6.07, 6.45) is 12.4. The summed E-state index contributed by atoms with van der Waals surface area (Å²) in [6.45, 7) is 8.78. The third-order valence-electron chi connectivity index (χ3n) is 6.83. The third kappa shape index (κ3) is 10.9. The van der Waals surface area contributed by atoms with E-state index in [4.69, 9.17) is 5.11 Å². The van der Waals surface area contributed by atoms with E-state index in [0.29, 0.717) is 12.1 Å². The number of nitrogens with one attached hydrogen (secondary N) is 1. The zero-order chi connectivity index (χ0) is 26.3. The molecule has 0 spiro atoms. The van der Waals surface area contributed by atoms with Gasteiger partial charge in [0.05, 0.1) is 0 Å². The number of unbranched alkanes of at least 4 members (excludes halogenated alkanes) is 3. The Hall–Kier alpha value is -2.21. The van der Waals surface area contributed by atoms with E-state index in [1.54, 1.807) is 13.0 Å².